The summed E-state index contributed by atoms with van der Waals surface area (Å²) in [4.78, 5) is 27.2. The highest BCUT2D eigenvalue weighted by Gasteiger charge is 2.20. The van der Waals surface area contributed by atoms with E-state index in [0.717, 1.165) is 0 Å². The monoisotopic (exact) mass is 360 g/mol. The summed E-state index contributed by atoms with van der Waals surface area (Å²) in [6, 6.07) is 11.0. The van der Waals surface area contributed by atoms with Gasteiger partial charge in [0.1, 0.15) is 5.82 Å². The first-order chi connectivity index (χ1) is 10.6. The van der Waals surface area contributed by atoms with E-state index in [4.69, 9.17) is 0 Å². The fourth-order valence-electron chi connectivity index (χ4n) is 2.14. The second-order valence-corrected chi connectivity index (χ2v) is 5.51. The largest absolute Gasteiger partial charge is 0.360 e. The van der Waals surface area contributed by atoms with Gasteiger partial charge in [-0.1, -0.05) is 12.1 Å². The molecule has 1 amide bonds. The molecule has 2 aromatic carbocycles. The minimum Gasteiger partial charge on any atom is -0.360 e. The third-order valence-electron chi connectivity index (χ3n) is 3.22. The maximum absolute atomic E-state index is 13.3. The Morgan fingerprint density at radius 1 is 1.14 bits per heavy atom. The lowest BCUT2D eigenvalue weighted by Crippen LogP contribution is -2.22. The number of rotatable bonds is 3. The molecule has 0 saturated heterocycles. The number of aromatic amines is 1. The van der Waals surface area contributed by atoms with Crippen molar-refractivity contribution in [3.05, 3.63) is 64.5 Å². The average Bonchev–Trinajstić information content (AvgIpc) is 2.91. The summed E-state index contributed by atoms with van der Waals surface area (Å²) in [5.74, 6) is -1.97. The van der Waals surface area contributed by atoms with Crippen molar-refractivity contribution in [2.75, 3.05) is 5.32 Å². The van der Waals surface area contributed by atoms with Crippen LogP contribution in [0, 0.1) is 5.82 Å². The fourth-order valence-corrected chi connectivity index (χ4v) is 2.53. The van der Waals surface area contributed by atoms with E-state index < -0.39 is 17.5 Å². The highest BCUT2D eigenvalue weighted by molar-refractivity contribution is 9.10. The van der Waals surface area contributed by atoms with Crippen molar-refractivity contribution in [2.24, 2.45) is 0 Å². The Labute approximate surface area is 133 Å². The highest BCUT2D eigenvalue weighted by atomic mass is 79.9. The van der Waals surface area contributed by atoms with Crippen molar-refractivity contribution in [1.82, 2.24) is 4.98 Å². The van der Waals surface area contributed by atoms with Gasteiger partial charge in [0.15, 0.2) is 0 Å². The lowest BCUT2D eigenvalue weighted by molar-refractivity contribution is -0.112. The Kier molecular flexibility index (Phi) is 3.77. The molecule has 6 heteroatoms. The van der Waals surface area contributed by atoms with Crippen LogP contribution in [0.3, 0.4) is 0 Å². The normalized spacial score (nSPS) is 10.6. The van der Waals surface area contributed by atoms with Gasteiger partial charge >= 0.3 is 0 Å². The molecule has 1 aromatic heterocycles. The average molecular weight is 361 g/mol. The molecule has 0 radical (unpaired) electrons. The number of fused-ring (bicyclic) bond motifs is 1. The number of H-pyrrole nitrogens is 1. The molecule has 3 rings (SSSR count). The summed E-state index contributed by atoms with van der Waals surface area (Å²) in [5, 5.41) is 2.92. The molecule has 0 aliphatic heterocycles. The van der Waals surface area contributed by atoms with Crippen molar-refractivity contribution in [1.29, 1.82) is 0 Å². The van der Waals surface area contributed by atoms with Gasteiger partial charge < -0.3 is 10.3 Å². The molecule has 0 aliphatic rings. The van der Waals surface area contributed by atoms with E-state index >= 15 is 0 Å². The molecule has 0 atom stereocenters. The molecule has 4 nitrogen and oxygen atoms in total. The number of anilines is 1. The zero-order valence-electron chi connectivity index (χ0n) is 11.2. The summed E-state index contributed by atoms with van der Waals surface area (Å²) >= 11 is 3.29. The molecule has 2 N–H and O–H groups in total. The van der Waals surface area contributed by atoms with E-state index in [1.165, 1.54) is 24.4 Å². The van der Waals surface area contributed by atoms with Crippen LogP contribution in [-0.4, -0.2) is 16.7 Å². The predicted molar refractivity (Wildman–Crippen MR) is 85.4 cm³/mol. The van der Waals surface area contributed by atoms with Crippen LogP contribution in [0.15, 0.2) is 53.1 Å². The van der Waals surface area contributed by atoms with Crippen LogP contribution in [-0.2, 0) is 4.79 Å². The van der Waals surface area contributed by atoms with Crippen LogP contribution in [0.1, 0.15) is 10.4 Å². The number of para-hydroxylation sites is 1. The quantitative estimate of drug-likeness (QED) is 0.549. The van der Waals surface area contributed by atoms with E-state index in [9.17, 15) is 14.0 Å². The van der Waals surface area contributed by atoms with Gasteiger partial charge in [0.2, 0.25) is 0 Å². The van der Waals surface area contributed by atoms with Gasteiger partial charge in [0.05, 0.1) is 11.3 Å². The minimum absolute atomic E-state index is 0.138. The van der Waals surface area contributed by atoms with Crippen molar-refractivity contribution < 1.29 is 14.0 Å². The van der Waals surface area contributed by atoms with E-state index in [-0.39, 0.29) is 5.56 Å². The van der Waals surface area contributed by atoms with Crippen LogP contribution in [0.2, 0.25) is 0 Å². The number of Topliss-reactive ketones (excluding diaryl/α,β-unsaturated/α-hetero) is 1. The minimum atomic E-state index is -0.780. The molecule has 0 saturated carbocycles. The molecule has 0 spiro atoms. The maximum atomic E-state index is 13.3. The number of carbonyl (C=O) groups excluding carboxylic acids is 2. The third-order valence-corrected chi connectivity index (χ3v) is 3.91. The number of hydrogen-bond donors (Lipinski definition) is 2. The number of ketones is 1. The number of carbonyl (C=O) groups is 2. The Hall–Kier alpha value is -2.47. The highest BCUT2D eigenvalue weighted by Crippen LogP contribution is 2.23. The number of benzene rings is 2. The van der Waals surface area contributed by atoms with Crippen molar-refractivity contribution in [3.63, 3.8) is 0 Å². The van der Waals surface area contributed by atoms with Crippen LogP contribution in [0.4, 0.5) is 10.1 Å². The summed E-state index contributed by atoms with van der Waals surface area (Å²) in [7, 11) is 0. The smallest absolute Gasteiger partial charge is 0.296 e. The van der Waals surface area contributed by atoms with Gasteiger partial charge in [-0.15, -0.1) is 0 Å². The molecule has 22 heavy (non-hydrogen) atoms. The Bertz CT molecular complexity index is 889. The molecular weight excluding hydrogens is 351 g/mol. The van der Waals surface area contributed by atoms with Gasteiger partial charge in [-0.05, 0) is 46.3 Å². The molecule has 0 bridgehead atoms. The van der Waals surface area contributed by atoms with Gasteiger partial charge in [-0.25, -0.2) is 4.39 Å². The summed E-state index contributed by atoms with van der Waals surface area (Å²) < 4.78 is 14.0. The molecular formula is C16H10BrFN2O2. The number of nitrogens with one attached hydrogen (secondary N) is 2. The second kappa shape index (κ2) is 5.73. The van der Waals surface area contributed by atoms with E-state index in [1.807, 2.05) is 0 Å². The van der Waals surface area contributed by atoms with Crippen LogP contribution in [0.25, 0.3) is 10.9 Å². The first kappa shape index (κ1) is 14.5. The van der Waals surface area contributed by atoms with Gasteiger partial charge in [0.25, 0.3) is 11.7 Å². The van der Waals surface area contributed by atoms with Crippen molar-refractivity contribution in [2.45, 2.75) is 0 Å². The number of hydrogen-bond acceptors (Lipinski definition) is 2. The van der Waals surface area contributed by atoms with E-state index in [0.29, 0.717) is 21.1 Å². The van der Waals surface area contributed by atoms with Gasteiger partial charge in [-0.2, -0.15) is 0 Å². The summed E-state index contributed by atoms with van der Waals surface area (Å²) in [5.41, 5.74) is 1.23. The first-order valence-corrected chi connectivity index (χ1v) is 7.22. The Morgan fingerprint density at radius 3 is 2.68 bits per heavy atom. The number of halogens is 2. The zero-order chi connectivity index (χ0) is 15.7. The topological polar surface area (TPSA) is 62.0 Å². The lowest BCUT2D eigenvalue weighted by atomic mass is 10.1. The fraction of sp³-hybridized carbons (Fsp3) is 0. The second-order valence-electron chi connectivity index (χ2n) is 4.66. The lowest BCUT2D eigenvalue weighted by Gasteiger charge is -2.05. The van der Waals surface area contributed by atoms with Crippen molar-refractivity contribution in [3.8, 4) is 0 Å². The first-order valence-electron chi connectivity index (χ1n) is 6.43. The summed E-state index contributed by atoms with van der Waals surface area (Å²) in [6.07, 6.45) is 1.41. The Balaban J connectivity index is 1.91. The standard InChI is InChI=1S/C16H10BrFN2O2/c17-12-3-1-2-4-14(12)20-16(22)15(21)11-8-19-13-6-5-9(18)7-10(11)13/h1-8,19H,(H,20,22). The molecule has 0 fully saturated rings. The molecule has 1 heterocycles. The van der Waals surface area contributed by atoms with Gasteiger partial charge in [-0.3, -0.25) is 9.59 Å². The van der Waals surface area contributed by atoms with E-state index in [1.54, 1.807) is 24.3 Å². The third kappa shape index (κ3) is 2.65. The van der Waals surface area contributed by atoms with E-state index in [2.05, 4.69) is 26.2 Å². The maximum Gasteiger partial charge on any atom is 0.296 e. The van der Waals surface area contributed by atoms with Crippen LogP contribution < -0.4 is 5.32 Å². The molecule has 3 aromatic rings. The van der Waals surface area contributed by atoms with Gasteiger partial charge in [0, 0.05) is 21.6 Å². The SMILES string of the molecule is O=C(Nc1ccccc1Br)C(=O)c1c[nH]c2ccc(F)cc12. The molecule has 0 aliphatic carbocycles. The summed E-state index contributed by atoms with van der Waals surface area (Å²) in [6.45, 7) is 0. The molecule has 110 valence electrons. The van der Waals surface area contributed by atoms with Crippen LogP contribution >= 0.6 is 15.9 Å². The zero-order valence-corrected chi connectivity index (χ0v) is 12.8. The predicted octanol–water partition coefficient (Wildman–Crippen LogP) is 3.89. The number of aromatic nitrogens is 1. The Morgan fingerprint density at radius 2 is 1.91 bits per heavy atom. The van der Waals surface area contributed by atoms with Crippen LogP contribution in [0.5, 0.6) is 0 Å². The number of amides is 1. The molecule has 0 unspecified atom stereocenters. The van der Waals surface area contributed by atoms with Crippen molar-refractivity contribution >= 4 is 44.2 Å².